The number of nitrogens with zero attached hydrogens (tertiary/aromatic N) is 1. The van der Waals surface area contributed by atoms with Gasteiger partial charge in [-0.3, -0.25) is 0 Å². The van der Waals surface area contributed by atoms with Crippen molar-refractivity contribution in [1.82, 2.24) is 4.72 Å². The van der Waals surface area contributed by atoms with Crippen LogP contribution in [0.3, 0.4) is 0 Å². The van der Waals surface area contributed by atoms with Gasteiger partial charge < -0.3 is 0 Å². The van der Waals surface area contributed by atoms with E-state index in [0.29, 0.717) is 23.6 Å². The summed E-state index contributed by atoms with van der Waals surface area (Å²) in [5.74, 6) is 0.358. The number of rotatable bonds is 5. The van der Waals surface area contributed by atoms with Crippen molar-refractivity contribution in [3.8, 4) is 6.07 Å². The minimum absolute atomic E-state index is 0.0404. The highest BCUT2D eigenvalue weighted by Gasteiger charge is 2.15. The fraction of sp³-hybridized carbons (Fsp3) is 0.400. The molecule has 0 radical (unpaired) electrons. The van der Waals surface area contributed by atoms with Gasteiger partial charge in [0.25, 0.3) is 0 Å². The topological polar surface area (TPSA) is 70.0 Å². The summed E-state index contributed by atoms with van der Waals surface area (Å²) >= 11 is 0. The summed E-state index contributed by atoms with van der Waals surface area (Å²) in [6, 6.07) is 8.65. The highest BCUT2D eigenvalue weighted by molar-refractivity contribution is 7.88. The molecule has 4 nitrogen and oxygen atoms in total. The Morgan fingerprint density at radius 3 is 2.60 bits per heavy atom. The van der Waals surface area contributed by atoms with Crippen LogP contribution in [-0.2, 0) is 15.8 Å². The minimum Gasteiger partial charge on any atom is -0.215 e. The Kier molecular flexibility index (Phi) is 4.94. The Morgan fingerprint density at radius 1 is 1.25 bits per heavy atom. The molecule has 2 rings (SSSR count). The maximum Gasteiger partial charge on any atom is 0.215 e. The molecule has 0 aliphatic heterocycles. The minimum atomic E-state index is -3.31. The first kappa shape index (κ1) is 14.8. The Bertz CT molecular complexity index is 612. The van der Waals surface area contributed by atoms with E-state index in [1.54, 1.807) is 24.3 Å². The summed E-state index contributed by atoms with van der Waals surface area (Å²) in [5, 5.41) is 8.70. The van der Waals surface area contributed by atoms with E-state index in [4.69, 9.17) is 5.26 Å². The lowest BCUT2D eigenvalue weighted by molar-refractivity contribution is 0.468. The van der Waals surface area contributed by atoms with Gasteiger partial charge in [0.2, 0.25) is 10.0 Å². The fourth-order valence-corrected chi connectivity index (χ4v) is 3.46. The van der Waals surface area contributed by atoms with Gasteiger partial charge in [0.15, 0.2) is 0 Å². The van der Waals surface area contributed by atoms with E-state index in [1.807, 2.05) is 6.07 Å². The molecule has 1 aromatic carbocycles. The number of hydrogen-bond donors (Lipinski definition) is 1. The highest BCUT2D eigenvalue weighted by Crippen LogP contribution is 2.17. The van der Waals surface area contributed by atoms with Crippen molar-refractivity contribution in [2.24, 2.45) is 5.92 Å². The van der Waals surface area contributed by atoms with E-state index in [-0.39, 0.29) is 5.75 Å². The van der Waals surface area contributed by atoms with Crippen LogP contribution in [-0.4, -0.2) is 15.0 Å². The molecule has 1 aliphatic rings. The van der Waals surface area contributed by atoms with Gasteiger partial charge in [0.1, 0.15) is 0 Å². The molecule has 0 heterocycles. The van der Waals surface area contributed by atoms with E-state index in [2.05, 4.69) is 16.9 Å². The van der Waals surface area contributed by atoms with Crippen LogP contribution in [0.5, 0.6) is 0 Å². The first-order chi connectivity index (χ1) is 9.59. The predicted octanol–water partition coefficient (Wildman–Crippen LogP) is 2.33. The maximum absolute atomic E-state index is 12.0. The van der Waals surface area contributed by atoms with Crippen LogP contribution in [0.2, 0.25) is 0 Å². The SMILES string of the molecule is N#Cc1ccc(CS(=O)(=O)NCC2CC=CCC2)cc1. The van der Waals surface area contributed by atoms with Gasteiger partial charge in [-0.15, -0.1) is 0 Å². The van der Waals surface area contributed by atoms with Crippen LogP contribution in [0.15, 0.2) is 36.4 Å². The van der Waals surface area contributed by atoms with Gasteiger partial charge in [-0.05, 0) is 42.9 Å². The predicted molar refractivity (Wildman–Crippen MR) is 78.3 cm³/mol. The molecule has 0 amide bonds. The molecule has 20 heavy (non-hydrogen) atoms. The largest absolute Gasteiger partial charge is 0.215 e. The Labute approximate surface area is 120 Å². The van der Waals surface area contributed by atoms with Crippen molar-refractivity contribution in [3.63, 3.8) is 0 Å². The number of nitriles is 1. The van der Waals surface area contributed by atoms with Crippen molar-refractivity contribution in [3.05, 3.63) is 47.5 Å². The number of allylic oxidation sites excluding steroid dienone is 2. The summed E-state index contributed by atoms with van der Waals surface area (Å²) in [4.78, 5) is 0. The lowest BCUT2D eigenvalue weighted by atomic mass is 9.95. The van der Waals surface area contributed by atoms with Gasteiger partial charge in [-0.1, -0.05) is 24.3 Å². The van der Waals surface area contributed by atoms with Crippen molar-refractivity contribution in [2.75, 3.05) is 6.54 Å². The highest BCUT2D eigenvalue weighted by atomic mass is 32.2. The standard InChI is InChI=1S/C15H18N2O2S/c16-10-13-6-8-15(9-7-13)12-20(18,19)17-11-14-4-2-1-3-5-14/h1-2,6-9,14,17H,3-5,11-12H2. The fourth-order valence-electron chi connectivity index (χ4n) is 2.23. The second kappa shape index (κ2) is 6.69. The molecule has 1 atom stereocenters. The first-order valence-corrected chi connectivity index (χ1v) is 8.36. The van der Waals surface area contributed by atoms with E-state index < -0.39 is 10.0 Å². The molecule has 0 saturated heterocycles. The second-order valence-corrected chi connectivity index (χ2v) is 6.87. The third kappa shape index (κ3) is 4.48. The molecule has 1 aliphatic carbocycles. The first-order valence-electron chi connectivity index (χ1n) is 6.70. The number of nitrogens with one attached hydrogen (secondary N) is 1. The Morgan fingerprint density at radius 2 is 2.00 bits per heavy atom. The average molecular weight is 290 g/mol. The van der Waals surface area contributed by atoms with E-state index in [1.165, 1.54) is 0 Å². The molecular weight excluding hydrogens is 272 g/mol. The molecule has 5 heteroatoms. The molecular formula is C15H18N2O2S. The number of sulfonamides is 1. The molecule has 0 bridgehead atoms. The van der Waals surface area contributed by atoms with Crippen LogP contribution in [0, 0.1) is 17.2 Å². The van der Waals surface area contributed by atoms with Crippen LogP contribution >= 0.6 is 0 Å². The summed E-state index contributed by atoms with van der Waals surface area (Å²) < 4.78 is 26.7. The number of benzene rings is 1. The van der Waals surface area contributed by atoms with Crippen molar-refractivity contribution < 1.29 is 8.42 Å². The third-order valence-electron chi connectivity index (χ3n) is 3.41. The molecule has 0 aromatic heterocycles. The Hall–Kier alpha value is -1.64. The van der Waals surface area contributed by atoms with Gasteiger partial charge >= 0.3 is 0 Å². The van der Waals surface area contributed by atoms with E-state index in [0.717, 1.165) is 19.3 Å². The van der Waals surface area contributed by atoms with E-state index >= 15 is 0 Å². The molecule has 1 aromatic rings. The van der Waals surface area contributed by atoms with Crippen molar-refractivity contribution in [2.45, 2.75) is 25.0 Å². The van der Waals surface area contributed by atoms with Gasteiger partial charge in [-0.25, -0.2) is 13.1 Å². The summed E-state index contributed by atoms with van der Waals surface area (Å²) in [6.07, 6.45) is 7.27. The quantitative estimate of drug-likeness (QED) is 0.846. The molecule has 0 spiro atoms. The lowest BCUT2D eigenvalue weighted by Crippen LogP contribution is -2.30. The summed E-state index contributed by atoms with van der Waals surface area (Å²) in [7, 11) is -3.31. The van der Waals surface area contributed by atoms with Gasteiger partial charge in [-0.2, -0.15) is 5.26 Å². The molecule has 106 valence electrons. The zero-order chi connectivity index (χ0) is 14.4. The molecule has 1 N–H and O–H groups in total. The molecule has 0 saturated carbocycles. The average Bonchev–Trinajstić information content (AvgIpc) is 2.47. The van der Waals surface area contributed by atoms with Gasteiger partial charge in [0.05, 0.1) is 17.4 Å². The number of hydrogen-bond acceptors (Lipinski definition) is 3. The molecule has 1 unspecified atom stereocenters. The smallest absolute Gasteiger partial charge is 0.215 e. The maximum atomic E-state index is 12.0. The summed E-state index contributed by atoms with van der Waals surface area (Å²) in [5.41, 5.74) is 1.23. The van der Waals surface area contributed by atoms with E-state index in [9.17, 15) is 8.42 Å². The third-order valence-corrected chi connectivity index (χ3v) is 4.73. The van der Waals surface area contributed by atoms with Gasteiger partial charge in [0, 0.05) is 6.54 Å². The van der Waals surface area contributed by atoms with Crippen molar-refractivity contribution >= 4 is 10.0 Å². The summed E-state index contributed by atoms with van der Waals surface area (Å²) in [6.45, 7) is 0.503. The zero-order valence-corrected chi connectivity index (χ0v) is 12.1. The lowest BCUT2D eigenvalue weighted by Gasteiger charge is -2.18. The monoisotopic (exact) mass is 290 g/mol. The van der Waals surface area contributed by atoms with Crippen LogP contribution < -0.4 is 4.72 Å². The normalized spacial score (nSPS) is 18.6. The zero-order valence-electron chi connectivity index (χ0n) is 11.2. The van der Waals surface area contributed by atoms with Crippen LogP contribution in [0.4, 0.5) is 0 Å². The van der Waals surface area contributed by atoms with Crippen LogP contribution in [0.25, 0.3) is 0 Å². The van der Waals surface area contributed by atoms with Crippen molar-refractivity contribution in [1.29, 1.82) is 5.26 Å². The Balaban J connectivity index is 1.89. The van der Waals surface area contributed by atoms with Crippen LogP contribution in [0.1, 0.15) is 30.4 Å². The molecule has 0 fully saturated rings. The second-order valence-electron chi connectivity index (χ2n) is 5.07.